The van der Waals surface area contributed by atoms with Gasteiger partial charge in [0.05, 0.1) is 15.5 Å². The normalized spacial score (nSPS) is 13.5. The molecule has 37 heavy (non-hydrogen) atoms. The Hall–Kier alpha value is -3.53. The lowest BCUT2D eigenvalue weighted by molar-refractivity contribution is -0.140. The number of carbonyl (C=O) groups is 2. The third-order valence-electron chi connectivity index (χ3n) is 5.52. The SMILES string of the molecule is C=CC(=O)NC(S/C(=C\C)C(=O)N1CCc2ccc(Oc3ccc(C(F)(F)F)c(F)c3)cc2C1)=C(C)C. The van der Waals surface area contributed by atoms with E-state index in [2.05, 4.69) is 11.9 Å². The number of hydrogen-bond acceptors (Lipinski definition) is 4. The average Bonchev–Trinajstić information content (AvgIpc) is 2.84. The topological polar surface area (TPSA) is 58.6 Å². The molecule has 0 fully saturated rings. The smallest absolute Gasteiger partial charge is 0.419 e. The van der Waals surface area contributed by atoms with E-state index in [0.717, 1.165) is 40.6 Å². The molecule has 2 aromatic carbocycles. The van der Waals surface area contributed by atoms with Crippen LogP contribution >= 0.6 is 11.8 Å². The lowest BCUT2D eigenvalue weighted by Crippen LogP contribution is -2.36. The van der Waals surface area contributed by atoms with E-state index in [-0.39, 0.29) is 24.1 Å². The molecule has 1 N–H and O–H groups in total. The lowest BCUT2D eigenvalue weighted by Gasteiger charge is -2.30. The number of thioether (sulfide) groups is 1. The first-order valence-corrected chi connectivity index (χ1v) is 12.1. The predicted octanol–water partition coefficient (Wildman–Crippen LogP) is 6.71. The van der Waals surface area contributed by atoms with Crippen LogP contribution in [0.3, 0.4) is 0 Å². The Morgan fingerprint density at radius 1 is 1.11 bits per heavy atom. The minimum atomic E-state index is -4.79. The number of halogens is 4. The number of nitrogens with one attached hydrogen (secondary N) is 1. The molecule has 0 bridgehead atoms. The maximum atomic E-state index is 13.9. The molecule has 0 spiro atoms. The molecule has 1 aliphatic heterocycles. The number of rotatable bonds is 7. The average molecular weight is 535 g/mol. The number of benzene rings is 2. The summed E-state index contributed by atoms with van der Waals surface area (Å²) in [7, 11) is 0. The fraction of sp³-hybridized carbons (Fsp3) is 0.259. The number of ether oxygens (including phenoxy) is 1. The molecular formula is C27H26F4N2O3S. The van der Waals surface area contributed by atoms with Crippen LogP contribution in [0.2, 0.25) is 0 Å². The molecule has 0 aromatic heterocycles. The van der Waals surface area contributed by atoms with Crippen LogP contribution in [0.15, 0.2) is 70.6 Å². The largest absolute Gasteiger partial charge is 0.457 e. The highest BCUT2D eigenvalue weighted by molar-refractivity contribution is 8.07. The molecule has 1 aliphatic rings. The van der Waals surface area contributed by atoms with Crippen molar-refractivity contribution in [2.24, 2.45) is 0 Å². The Kier molecular flexibility index (Phi) is 8.85. The third kappa shape index (κ3) is 7.03. The van der Waals surface area contributed by atoms with Crippen LogP contribution in [0.25, 0.3) is 0 Å². The summed E-state index contributed by atoms with van der Waals surface area (Å²) in [4.78, 5) is 27.2. The second kappa shape index (κ2) is 11.7. The van der Waals surface area contributed by atoms with Crippen LogP contribution in [-0.4, -0.2) is 23.3 Å². The highest BCUT2D eigenvalue weighted by Crippen LogP contribution is 2.35. The minimum Gasteiger partial charge on any atom is -0.457 e. The molecule has 0 aliphatic carbocycles. The summed E-state index contributed by atoms with van der Waals surface area (Å²) in [5, 5.41) is 3.26. The zero-order valence-corrected chi connectivity index (χ0v) is 21.4. The maximum absolute atomic E-state index is 13.9. The van der Waals surface area contributed by atoms with E-state index >= 15 is 0 Å². The maximum Gasteiger partial charge on any atom is 0.419 e. The number of amides is 2. The van der Waals surface area contributed by atoms with Gasteiger partial charge in [-0.05, 0) is 74.2 Å². The van der Waals surface area contributed by atoms with Gasteiger partial charge in [0.2, 0.25) is 5.91 Å². The van der Waals surface area contributed by atoms with Crippen molar-refractivity contribution in [3.63, 3.8) is 0 Å². The number of alkyl halides is 3. The standard InChI is InChI=1S/C27H26F4N2O3S/c1-5-23(37-25(16(3)4)32-24(34)6-2)26(35)33-12-11-17-7-8-19(13-18(17)15-33)36-20-9-10-21(22(28)14-20)27(29,30)31/h5-10,13-14H,2,11-12,15H2,1,3-4H3,(H,32,34)/b23-5-. The van der Waals surface area contributed by atoms with Gasteiger partial charge < -0.3 is 15.0 Å². The summed E-state index contributed by atoms with van der Waals surface area (Å²) < 4.78 is 58.0. The zero-order valence-electron chi connectivity index (χ0n) is 20.5. The van der Waals surface area contributed by atoms with Gasteiger partial charge in [0.25, 0.3) is 5.91 Å². The first kappa shape index (κ1) is 28.0. The Morgan fingerprint density at radius 3 is 2.38 bits per heavy atom. The van der Waals surface area contributed by atoms with Gasteiger partial charge in [-0.1, -0.05) is 30.5 Å². The number of nitrogens with zero attached hydrogens (tertiary/aromatic N) is 1. The third-order valence-corrected chi connectivity index (χ3v) is 6.86. The quantitative estimate of drug-likeness (QED) is 0.317. The van der Waals surface area contributed by atoms with Crippen molar-refractivity contribution >= 4 is 23.6 Å². The summed E-state index contributed by atoms with van der Waals surface area (Å²) >= 11 is 1.16. The highest BCUT2D eigenvalue weighted by atomic mass is 32.2. The number of allylic oxidation sites excluding steroid dienone is 2. The van der Waals surface area contributed by atoms with E-state index in [1.807, 2.05) is 19.9 Å². The van der Waals surface area contributed by atoms with Gasteiger partial charge in [-0.25, -0.2) is 4.39 Å². The van der Waals surface area contributed by atoms with Gasteiger partial charge in [-0.3, -0.25) is 9.59 Å². The van der Waals surface area contributed by atoms with Crippen LogP contribution in [0.5, 0.6) is 11.5 Å². The second-order valence-corrected chi connectivity index (χ2v) is 9.48. The van der Waals surface area contributed by atoms with Crippen LogP contribution < -0.4 is 10.1 Å². The van der Waals surface area contributed by atoms with E-state index < -0.39 is 17.6 Å². The van der Waals surface area contributed by atoms with Crippen LogP contribution in [0, 0.1) is 5.82 Å². The molecule has 196 valence electrons. The Labute approximate surface area is 216 Å². The Bertz CT molecular complexity index is 1280. The molecule has 5 nitrogen and oxygen atoms in total. The Morgan fingerprint density at radius 2 is 1.78 bits per heavy atom. The van der Waals surface area contributed by atoms with E-state index in [0.29, 0.717) is 40.8 Å². The van der Waals surface area contributed by atoms with E-state index in [1.54, 1.807) is 30.0 Å². The van der Waals surface area contributed by atoms with E-state index in [9.17, 15) is 27.2 Å². The van der Waals surface area contributed by atoms with Crippen molar-refractivity contribution in [3.05, 3.63) is 93.1 Å². The van der Waals surface area contributed by atoms with E-state index in [1.165, 1.54) is 0 Å². The van der Waals surface area contributed by atoms with Gasteiger partial charge in [-0.2, -0.15) is 13.2 Å². The van der Waals surface area contributed by atoms with Crippen molar-refractivity contribution in [3.8, 4) is 11.5 Å². The minimum absolute atomic E-state index is 0.0717. The summed E-state index contributed by atoms with van der Waals surface area (Å²) in [5.41, 5.74) is 1.29. The molecular weight excluding hydrogens is 508 g/mol. The Balaban J connectivity index is 1.75. The van der Waals surface area contributed by atoms with Crippen molar-refractivity contribution in [2.75, 3.05) is 6.54 Å². The number of carbonyl (C=O) groups excluding carboxylic acids is 2. The van der Waals surface area contributed by atoms with Crippen LogP contribution in [-0.2, 0) is 28.7 Å². The van der Waals surface area contributed by atoms with Gasteiger partial charge in [-0.15, -0.1) is 0 Å². The summed E-state index contributed by atoms with van der Waals surface area (Å²) in [6, 6.07) is 7.56. The fourth-order valence-corrected chi connectivity index (χ4v) is 4.51. The lowest BCUT2D eigenvalue weighted by atomic mass is 9.99. The van der Waals surface area contributed by atoms with Gasteiger partial charge in [0, 0.05) is 19.2 Å². The second-order valence-electron chi connectivity index (χ2n) is 8.43. The van der Waals surface area contributed by atoms with Crippen molar-refractivity contribution < 1.29 is 31.9 Å². The highest BCUT2D eigenvalue weighted by Gasteiger charge is 2.34. The van der Waals surface area contributed by atoms with E-state index in [4.69, 9.17) is 4.74 Å². The van der Waals surface area contributed by atoms with Gasteiger partial charge >= 0.3 is 6.18 Å². The molecule has 2 aromatic rings. The zero-order chi connectivity index (χ0) is 27.3. The van der Waals surface area contributed by atoms with Gasteiger partial charge in [0.1, 0.15) is 17.3 Å². The molecule has 3 rings (SSSR count). The molecule has 0 atom stereocenters. The van der Waals surface area contributed by atoms with Crippen molar-refractivity contribution in [1.82, 2.24) is 10.2 Å². The monoisotopic (exact) mass is 534 g/mol. The number of hydrogen-bond donors (Lipinski definition) is 1. The van der Waals surface area contributed by atoms with Crippen LogP contribution in [0.1, 0.15) is 37.5 Å². The molecule has 0 unspecified atom stereocenters. The number of fused-ring (bicyclic) bond motifs is 1. The molecule has 1 heterocycles. The first-order valence-electron chi connectivity index (χ1n) is 11.3. The summed E-state index contributed by atoms with van der Waals surface area (Å²) in [5.74, 6) is -1.76. The molecule has 0 saturated heterocycles. The van der Waals surface area contributed by atoms with Crippen molar-refractivity contribution in [1.29, 1.82) is 0 Å². The predicted molar refractivity (Wildman–Crippen MR) is 135 cm³/mol. The molecule has 0 saturated carbocycles. The molecule has 2 amide bonds. The van der Waals surface area contributed by atoms with Gasteiger partial charge in [0.15, 0.2) is 0 Å². The summed E-state index contributed by atoms with van der Waals surface area (Å²) in [6.45, 7) is 9.60. The first-order chi connectivity index (χ1) is 17.4. The van der Waals surface area contributed by atoms with Crippen molar-refractivity contribution in [2.45, 2.75) is 39.9 Å². The summed E-state index contributed by atoms with van der Waals surface area (Å²) in [6.07, 6.45) is -1.36. The molecule has 10 heteroatoms. The van der Waals surface area contributed by atoms with Crippen LogP contribution in [0.4, 0.5) is 17.6 Å². The molecule has 0 radical (unpaired) electrons. The fourth-order valence-electron chi connectivity index (χ4n) is 3.60.